The van der Waals surface area contributed by atoms with E-state index in [-0.39, 0.29) is 35.5 Å². The van der Waals surface area contributed by atoms with E-state index in [0.717, 1.165) is 12.8 Å². The first-order valence-corrected chi connectivity index (χ1v) is 8.87. The summed E-state index contributed by atoms with van der Waals surface area (Å²) in [7, 11) is 0. The lowest BCUT2D eigenvalue weighted by atomic mass is 9.69. The number of halogens is 3. The smallest absolute Gasteiger partial charge is 0.335 e. The van der Waals surface area contributed by atoms with Gasteiger partial charge in [-0.15, -0.1) is 0 Å². The molecular formula is C17H28F3N3O. The standard InChI is InChI=1S/C17H28F3N3O/c1-15(2)11-4-6-16(15,3)13(8-11)22-14(24)21-12-5-7-23(9-12)10-17(18,19)20/h11-13H,4-10H2,1-3H3,(H2,21,22,24)/t11-,12+,13-,16-/m0/s1. The SMILES string of the molecule is CC1(C)[C@H]2CC[C@@]1(C)[C@@H](NC(=O)N[C@@H]1CCN(CC(F)(F)F)C1)C2. The molecule has 4 atom stereocenters. The summed E-state index contributed by atoms with van der Waals surface area (Å²) in [4.78, 5) is 13.7. The molecule has 1 saturated heterocycles. The zero-order valence-corrected chi connectivity index (χ0v) is 14.7. The van der Waals surface area contributed by atoms with Gasteiger partial charge in [0.15, 0.2) is 0 Å². The van der Waals surface area contributed by atoms with Crippen molar-refractivity contribution >= 4 is 6.03 Å². The largest absolute Gasteiger partial charge is 0.401 e. The monoisotopic (exact) mass is 347 g/mol. The maximum Gasteiger partial charge on any atom is 0.401 e. The van der Waals surface area contributed by atoms with Gasteiger partial charge >= 0.3 is 12.2 Å². The van der Waals surface area contributed by atoms with E-state index >= 15 is 0 Å². The zero-order valence-electron chi connectivity index (χ0n) is 14.7. The summed E-state index contributed by atoms with van der Waals surface area (Å²) in [6.45, 7) is 6.57. The van der Waals surface area contributed by atoms with Gasteiger partial charge in [-0.2, -0.15) is 13.2 Å². The van der Waals surface area contributed by atoms with E-state index in [4.69, 9.17) is 0 Å². The quantitative estimate of drug-likeness (QED) is 0.824. The van der Waals surface area contributed by atoms with Crippen molar-refractivity contribution < 1.29 is 18.0 Å². The molecule has 4 nitrogen and oxygen atoms in total. The summed E-state index contributed by atoms with van der Waals surface area (Å²) in [5, 5.41) is 5.97. The number of carbonyl (C=O) groups excluding carboxylic acids is 1. The number of alkyl halides is 3. The average molecular weight is 347 g/mol. The van der Waals surface area contributed by atoms with Crippen LogP contribution in [0.1, 0.15) is 46.5 Å². The second-order valence-electron chi connectivity index (χ2n) is 8.62. The number of hydrogen-bond acceptors (Lipinski definition) is 2. The first-order chi connectivity index (χ1) is 11.0. The Hall–Kier alpha value is -0.980. The van der Waals surface area contributed by atoms with Crippen LogP contribution in [0.4, 0.5) is 18.0 Å². The fourth-order valence-corrected chi connectivity index (χ4v) is 5.15. The highest BCUT2D eigenvalue weighted by atomic mass is 19.4. The van der Waals surface area contributed by atoms with Crippen LogP contribution in [0.3, 0.4) is 0 Å². The Bertz CT molecular complexity index is 508. The molecule has 0 aromatic carbocycles. The molecule has 1 heterocycles. The minimum atomic E-state index is -4.18. The van der Waals surface area contributed by atoms with Gasteiger partial charge in [-0.3, -0.25) is 4.90 Å². The molecule has 1 aliphatic heterocycles. The third-order valence-electron chi connectivity index (χ3n) is 7.11. The predicted molar refractivity (Wildman–Crippen MR) is 85.6 cm³/mol. The Labute approximate surface area is 141 Å². The summed E-state index contributed by atoms with van der Waals surface area (Å²) in [5.41, 5.74) is 0.328. The number of carbonyl (C=O) groups is 1. The third kappa shape index (κ3) is 3.11. The van der Waals surface area contributed by atoms with Crippen molar-refractivity contribution in [3.63, 3.8) is 0 Å². The van der Waals surface area contributed by atoms with E-state index in [9.17, 15) is 18.0 Å². The van der Waals surface area contributed by atoms with Crippen LogP contribution in [0.2, 0.25) is 0 Å². The van der Waals surface area contributed by atoms with Crippen LogP contribution < -0.4 is 10.6 Å². The number of hydrogen-bond donors (Lipinski definition) is 2. The molecule has 24 heavy (non-hydrogen) atoms. The third-order valence-corrected chi connectivity index (χ3v) is 7.11. The van der Waals surface area contributed by atoms with E-state index in [1.807, 2.05) is 0 Å². The van der Waals surface area contributed by atoms with E-state index in [2.05, 4.69) is 31.4 Å². The fraction of sp³-hybridized carbons (Fsp3) is 0.941. The molecule has 2 saturated carbocycles. The summed E-state index contributed by atoms with van der Waals surface area (Å²) in [6, 6.07) is -0.283. The number of amides is 2. The van der Waals surface area contributed by atoms with Crippen molar-refractivity contribution in [3.8, 4) is 0 Å². The van der Waals surface area contributed by atoms with E-state index in [1.54, 1.807) is 0 Å². The molecule has 138 valence electrons. The van der Waals surface area contributed by atoms with Crippen LogP contribution in [0.5, 0.6) is 0 Å². The lowest BCUT2D eigenvalue weighted by Crippen LogP contribution is -2.52. The molecule has 3 rings (SSSR count). The number of rotatable bonds is 3. The molecule has 7 heteroatoms. The molecule has 2 amide bonds. The highest BCUT2D eigenvalue weighted by Crippen LogP contribution is 2.65. The van der Waals surface area contributed by atoms with E-state index in [0.29, 0.717) is 18.9 Å². The van der Waals surface area contributed by atoms with Gasteiger partial charge in [0, 0.05) is 25.2 Å². The number of fused-ring (bicyclic) bond motifs is 2. The predicted octanol–water partition coefficient (Wildman–Crippen LogP) is 3.14. The van der Waals surface area contributed by atoms with Gasteiger partial charge in [0.25, 0.3) is 0 Å². The van der Waals surface area contributed by atoms with Crippen molar-refractivity contribution in [3.05, 3.63) is 0 Å². The topological polar surface area (TPSA) is 44.4 Å². The Morgan fingerprint density at radius 2 is 1.92 bits per heavy atom. The number of nitrogens with one attached hydrogen (secondary N) is 2. The lowest BCUT2D eigenvalue weighted by molar-refractivity contribution is -0.143. The Morgan fingerprint density at radius 3 is 2.46 bits per heavy atom. The molecule has 2 bridgehead atoms. The van der Waals surface area contributed by atoms with Gasteiger partial charge in [0.05, 0.1) is 6.54 Å². The molecule has 2 N–H and O–H groups in total. The molecular weight excluding hydrogens is 319 g/mol. The maximum absolute atomic E-state index is 12.4. The van der Waals surface area contributed by atoms with Crippen LogP contribution in [0, 0.1) is 16.7 Å². The Balaban J connectivity index is 1.49. The first kappa shape index (κ1) is 17.8. The van der Waals surface area contributed by atoms with Gasteiger partial charge < -0.3 is 10.6 Å². The fourth-order valence-electron chi connectivity index (χ4n) is 5.15. The van der Waals surface area contributed by atoms with Crippen molar-refractivity contribution in [1.82, 2.24) is 15.5 Å². The molecule has 0 aromatic rings. The Kier molecular flexibility index (Phi) is 4.30. The molecule has 3 aliphatic rings. The zero-order chi connectivity index (χ0) is 17.8. The minimum absolute atomic E-state index is 0.104. The summed E-state index contributed by atoms with van der Waals surface area (Å²) < 4.78 is 37.3. The molecule has 0 radical (unpaired) electrons. The van der Waals surface area contributed by atoms with Gasteiger partial charge in [-0.25, -0.2) is 4.79 Å². The van der Waals surface area contributed by atoms with Crippen molar-refractivity contribution in [2.24, 2.45) is 16.7 Å². The van der Waals surface area contributed by atoms with Crippen LogP contribution in [-0.4, -0.2) is 48.8 Å². The summed E-state index contributed by atoms with van der Waals surface area (Å²) >= 11 is 0. The van der Waals surface area contributed by atoms with Gasteiger partial charge in [-0.1, -0.05) is 20.8 Å². The molecule has 2 aliphatic carbocycles. The van der Waals surface area contributed by atoms with Crippen molar-refractivity contribution in [2.75, 3.05) is 19.6 Å². The summed E-state index contributed by atoms with van der Waals surface area (Å²) in [6.07, 6.45) is -0.265. The highest BCUT2D eigenvalue weighted by molar-refractivity contribution is 5.75. The number of urea groups is 1. The Morgan fingerprint density at radius 1 is 1.21 bits per heavy atom. The molecule has 0 spiro atoms. The van der Waals surface area contributed by atoms with E-state index in [1.165, 1.54) is 11.3 Å². The number of nitrogens with zero attached hydrogens (tertiary/aromatic N) is 1. The maximum atomic E-state index is 12.4. The first-order valence-electron chi connectivity index (χ1n) is 8.87. The number of likely N-dealkylation sites (tertiary alicyclic amines) is 1. The van der Waals surface area contributed by atoms with E-state index < -0.39 is 12.7 Å². The van der Waals surface area contributed by atoms with Crippen LogP contribution in [0.25, 0.3) is 0 Å². The normalized spacial score (nSPS) is 38.5. The van der Waals surface area contributed by atoms with Gasteiger partial charge in [-0.05, 0) is 42.4 Å². The second-order valence-corrected chi connectivity index (χ2v) is 8.62. The molecule has 0 aromatic heterocycles. The van der Waals surface area contributed by atoms with Crippen LogP contribution in [-0.2, 0) is 0 Å². The van der Waals surface area contributed by atoms with Crippen LogP contribution in [0.15, 0.2) is 0 Å². The second kappa shape index (κ2) is 5.78. The average Bonchev–Trinajstić information content (AvgIpc) is 2.99. The highest BCUT2D eigenvalue weighted by Gasteiger charge is 2.61. The van der Waals surface area contributed by atoms with Gasteiger partial charge in [0.2, 0.25) is 0 Å². The van der Waals surface area contributed by atoms with Crippen molar-refractivity contribution in [1.29, 1.82) is 0 Å². The van der Waals surface area contributed by atoms with Crippen molar-refractivity contribution in [2.45, 2.75) is 64.7 Å². The minimum Gasteiger partial charge on any atom is -0.335 e. The molecule has 0 unspecified atom stereocenters. The van der Waals surface area contributed by atoms with Gasteiger partial charge in [0.1, 0.15) is 0 Å². The molecule has 3 fully saturated rings. The summed E-state index contributed by atoms with van der Waals surface area (Å²) in [5.74, 6) is 0.640. The lowest BCUT2D eigenvalue weighted by Gasteiger charge is -2.39. The van der Waals surface area contributed by atoms with Crippen LogP contribution >= 0.6 is 0 Å².